The number of nitrogens with one attached hydrogen (secondary N) is 1. The molecule has 0 fully saturated rings. The van der Waals surface area contributed by atoms with Crippen LogP contribution in [0.25, 0.3) is 22.4 Å². The van der Waals surface area contributed by atoms with Crippen molar-refractivity contribution in [3.05, 3.63) is 59.8 Å². The zero-order valence-corrected chi connectivity index (χ0v) is 14.1. The van der Waals surface area contributed by atoms with E-state index in [2.05, 4.69) is 14.9 Å². The number of halogens is 1. The summed E-state index contributed by atoms with van der Waals surface area (Å²) in [6.07, 6.45) is 1.45. The fourth-order valence-corrected chi connectivity index (χ4v) is 3.38. The van der Waals surface area contributed by atoms with Gasteiger partial charge in [0.15, 0.2) is 5.58 Å². The molecule has 2 aromatic heterocycles. The van der Waals surface area contributed by atoms with Crippen molar-refractivity contribution in [3.63, 3.8) is 0 Å². The third kappa shape index (κ3) is 3.09. The van der Waals surface area contributed by atoms with Gasteiger partial charge < -0.3 is 8.94 Å². The number of hydrogen-bond acceptors (Lipinski definition) is 6. The van der Waals surface area contributed by atoms with Gasteiger partial charge in [0, 0.05) is 16.7 Å². The summed E-state index contributed by atoms with van der Waals surface area (Å²) in [5.74, 6) is 0. The molecule has 0 atom stereocenters. The van der Waals surface area contributed by atoms with Crippen LogP contribution in [0.3, 0.4) is 0 Å². The van der Waals surface area contributed by atoms with Gasteiger partial charge in [-0.15, -0.1) is 0 Å². The molecule has 4 rings (SSSR count). The fourth-order valence-electron chi connectivity index (χ4n) is 2.28. The summed E-state index contributed by atoms with van der Waals surface area (Å²) < 4.78 is 37.4. The summed E-state index contributed by atoms with van der Waals surface area (Å²) in [6.45, 7) is 0. The van der Waals surface area contributed by atoms with Gasteiger partial charge in [0.25, 0.3) is 10.0 Å². The lowest BCUT2D eigenvalue weighted by atomic mass is 10.2. The topological polar surface area (TPSA) is 98.2 Å². The van der Waals surface area contributed by atoms with Crippen LogP contribution in [0.15, 0.2) is 68.6 Å². The lowest BCUT2D eigenvalue weighted by Gasteiger charge is -2.04. The maximum Gasteiger partial charge on any atom is 0.309 e. The normalized spacial score (nSPS) is 11.7. The van der Waals surface area contributed by atoms with Crippen molar-refractivity contribution in [1.29, 1.82) is 0 Å². The molecule has 0 bridgehead atoms. The maximum absolute atomic E-state index is 12.5. The second-order valence-electron chi connectivity index (χ2n) is 5.15. The van der Waals surface area contributed by atoms with Gasteiger partial charge in [-0.2, -0.15) is 4.98 Å². The molecule has 0 radical (unpaired) electrons. The summed E-state index contributed by atoms with van der Waals surface area (Å²) in [5, 5.41) is 4.29. The minimum absolute atomic E-state index is 0.0695. The first-order valence-electron chi connectivity index (χ1n) is 7.11. The fraction of sp³-hybridized carbons (Fsp3) is 0. The Kier molecular flexibility index (Phi) is 3.70. The van der Waals surface area contributed by atoms with Crippen LogP contribution in [0, 0.1) is 0 Å². The largest absolute Gasteiger partial charge is 0.423 e. The summed E-state index contributed by atoms with van der Waals surface area (Å²) in [4.78, 5) is 4.15. The van der Waals surface area contributed by atoms with E-state index in [9.17, 15) is 8.42 Å². The molecule has 0 saturated heterocycles. The van der Waals surface area contributed by atoms with Crippen molar-refractivity contribution in [2.24, 2.45) is 0 Å². The van der Waals surface area contributed by atoms with E-state index in [0.717, 1.165) is 5.56 Å². The van der Waals surface area contributed by atoms with Crippen molar-refractivity contribution in [2.45, 2.75) is 4.90 Å². The quantitative estimate of drug-likeness (QED) is 0.580. The Labute approximate surface area is 147 Å². The molecule has 0 aliphatic rings. The molecule has 9 heteroatoms. The molecule has 1 N–H and O–H groups in total. The second kappa shape index (κ2) is 5.91. The van der Waals surface area contributed by atoms with Crippen LogP contribution in [0.4, 0.5) is 6.01 Å². The van der Waals surface area contributed by atoms with Gasteiger partial charge in [-0.25, -0.2) is 13.1 Å². The molecule has 4 aromatic rings. The van der Waals surface area contributed by atoms with Crippen LogP contribution in [-0.2, 0) is 10.0 Å². The van der Waals surface area contributed by atoms with Gasteiger partial charge in [-0.1, -0.05) is 28.9 Å². The first-order valence-corrected chi connectivity index (χ1v) is 8.97. The minimum Gasteiger partial charge on any atom is -0.423 e. The molecule has 25 heavy (non-hydrogen) atoms. The van der Waals surface area contributed by atoms with Crippen LogP contribution < -0.4 is 4.72 Å². The average Bonchev–Trinajstić information content (AvgIpc) is 3.23. The number of benzene rings is 2. The van der Waals surface area contributed by atoms with E-state index >= 15 is 0 Å². The van der Waals surface area contributed by atoms with Gasteiger partial charge in [0.1, 0.15) is 17.5 Å². The molecule has 0 amide bonds. The first kappa shape index (κ1) is 15.7. The van der Waals surface area contributed by atoms with Crippen molar-refractivity contribution >= 4 is 38.7 Å². The molecular weight excluding hydrogens is 366 g/mol. The monoisotopic (exact) mass is 375 g/mol. The molecule has 0 spiro atoms. The number of anilines is 1. The second-order valence-corrected chi connectivity index (χ2v) is 7.26. The molecule has 7 nitrogen and oxygen atoms in total. The highest BCUT2D eigenvalue weighted by Gasteiger charge is 2.18. The van der Waals surface area contributed by atoms with Crippen LogP contribution in [0.1, 0.15) is 0 Å². The Hall–Kier alpha value is -2.84. The molecule has 2 heterocycles. The summed E-state index contributed by atoms with van der Waals surface area (Å²) in [5.41, 5.74) is 2.26. The Morgan fingerprint density at radius 2 is 1.84 bits per heavy atom. The van der Waals surface area contributed by atoms with Crippen molar-refractivity contribution in [3.8, 4) is 11.3 Å². The van der Waals surface area contributed by atoms with Crippen LogP contribution in [0.5, 0.6) is 0 Å². The SMILES string of the molecule is O=S(=O)(Nc1nc2cc(Cl)ccc2o1)c1ccc(-c2ccon2)cc1. The van der Waals surface area contributed by atoms with Crippen molar-refractivity contribution < 1.29 is 17.4 Å². The lowest BCUT2D eigenvalue weighted by Crippen LogP contribution is -2.13. The number of sulfonamides is 1. The molecule has 2 aromatic carbocycles. The van der Waals surface area contributed by atoms with Gasteiger partial charge in [0.2, 0.25) is 0 Å². The standard InChI is InChI=1S/C16H10ClN3O4S/c17-11-3-6-15-14(9-11)18-16(24-15)20-25(21,22)12-4-1-10(2-5-12)13-7-8-23-19-13/h1-9H,(H,18,20). The third-order valence-corrected chi connectivity index (χ3v) is 5.04. The zero-order valence-electron chi connectivity index (χ0n) is 12.5. The Morgan fingerprint density at radius 1 is 1.04 bits per heavy atom. The van der Waals surface area contributed by atoms with Crippen LogP contribution in [-0.4, -0.2) is 18.6 Å². The molecule has 0 unspecified atom stereocenters. The smallest absolute Gasteiger partial charge is 0.309 e. The van der Waals surface area contributed by atoms with Gasteiger partial charge in [-0.05, 0) is 30.3 Å². The Bertz CT molecular complexity index is 1140. The minimum atomic E-state index is -3.84. The number of nitrogens with zero attached hydrogens (tertiary/aromatic N) is 2. The predicted molar refractivity (Wildman–Crippen MR) is 91.8 cm³/mol. The van der Waals surface area contributed by atoms with E-state index in [4.69, 9.17) is 20.5 Å². The number of rotatable bonds is 4. The predicted octanol–water partition coefficient (Wildman–Crippen LogP) is 3.94. The Balaban J connectivity index is 1.62. The number of aromatic nitrogens is 2. The van der Waals surface area contributed by atoms with E-state index in [1.807, 2.05) is 0 Å². The number of oxazole rings is 1. The third-order valence-electron chi connectivity index (χ3n) is 3.47. The maximum atomic E-state index is 12.5. The molecule has 126 valence electrons. The van der Waals surface area contributed by atoms with E-state index < -0.39 is 10.0 Å². The highest BCUT2D eigenvalue weighted by Crippen LogP contribution is 2.25. The van der Waals surface area contributed by atoms with E-state index in [1.54, 1.807) is 36.4 Å². The van der Waals surface area contributed by atoms with Crippen molar-refractivity contribution in [1.82, 2.24) is 10.1 Å². The molecule has 0 aliphatic heterocycles. The first-order chi connectivity index (χ1) is 12.0. The molecular formula is C16H10ClN3O4S. The average molecular weight is 376 g/mol. The molecule has 0 aliphatic carbocycles. The number of hydrogen-bond donors (Lipinski definition) is 1. The zero-order chi connectivity index (χ0) is 17.4. The number of fused-ring (bicyclic) bond motifs is 1. The summed E-state index contributed by atoms with van der Waals surface area (Å²) in [7, 11) is -3.84. The summed E-state index contributed by atoms with van der Waals surface area (Å²) >= 11 is 5.88. The van der Waals surface area contributed by atoms with Crippen LogP contribution >= 0.6 is 11.6 Å². The lowest BCUT2D eigenvalue weighted by molar-refractivity contribution is 0.422. The van der Waals surface area contributed by atoms with E-state index in [0.29, 0.717) is 21.8 Å². The van der Waals surface area contributed by atoms with Gasteiger partial charge >= 0.3 is 6.01 Å². The van der Waals surface area contributed by atoms with Crippen molar-refractivity contribution in [2.75, 3.05) is 4.72 Å². The summed E-state index contributed by atoms with van der Waals surface area (Å²) in [6, 6.07) is 12.6. The van der Waals surface area contributed by atoms with E-state index in [1.165, 1.54) is 18.4 Å². The molecule has 0 saturated carbocycles. The highest BCUT2D eigenvalue weighted by molar-refractivity contribution is 7.92. The van der Waals surface area contributed by atoms with Gasteiger partial charge in [-0.3, -0.25) is 0 Å². The van der Waals surface area contributed by atoms with Gasteiger partial charge in [0.05, 0.1) is 4.90 Å². The Morgan fingerprint density at radius 3 is 2.56 bits per heavy atom. The van der Waals surface area contributed by atoms with E-state index in [-0.39, 0.29) is 10.9 Å². The highest BCUT2D eigenvalue weighted by atomic mass is 35.5. The van der Waals surface area contributed by atoms with Crippen LogP contribution in [0.2, 0.25) is 5.02 Å².